The highest BCUT2D eigenvalue weighted by molar-refractivity contribution is 6.07. The van der Waals surface area contributed by atoms with Gasteiger partial charge < -0.3 is 20.4 Å². The molecule has 242 valence electrons. The highest BCUT2D eigenvalue weighted by Crippen LogP contribution is 2.56. The number of hydrogen-bond donors (Lipinski definition) is 2. The van der Waals surface area contributed by atoms with Crippen molar-refractivity contribution in [2.24, 2.45) is 11.8 Å². The third-order valence-corrected chi connectivity index (χ3v) is 10.1. The molecule has 8 nitrogen and oxygen atoms in total. The first kappa shape index (κ1) is 32.9. The van der Waals surface area contributed by atoms with Crippen LogP contribution in [0.1, 0.15) is 72.4 Å². The summed E-state index contributed by atoms with van der Waals surface area (Å²) in [6, 6.07) is 26.4. The van der Waals surface area contributed by atoms with Crippen LogP contribution in [0.4, 0.5) is 0 Å². The molecule has 0 radical (unpaired) electrons. The maximum atomic E-state index is 13.7. The number of likely N-dealkylation sites (N-methyl/N-ethyl adjacent to an activating group) is 2. The second-order valence-corrected chi connectivity index (χ2v) is 12.4. The van der Waals surface area contributed by atoms with E-state index in [-0.39, 0.29) is 46.6 Å². The fraction of sp³-hybridized carbons (Fsp3) is 0.421. The molecule has 2 saturated carbocycles. The Bertz CT molecular complexity index is 1440. The zero-order valence-electron chi connectivity index (χ0n) is 27.4. The Morgan fingerprint density at radius 2 is 0.891 bits per heavy atom. The monoisotopic (exact) mass is 622 g/mol. The number of carbonyl (C=O) groups excluding carboxylic acids is 4. The standard InChI is InChI=1S/C38H46N4O4/c1-5-41(6-2)35(45)37(27-17-11-9-12-18-27)23-29(37)25-39-33(43)31-21-15-16-22-32(31)34(44)40-26-30-24-38(30,28-19-13-10-14-20-28)36(46)42(7-3)8-4/h9-22,29-30H,5-8,23-26H2,1-4H3,(H,39,43)(H,40,44)/t29-,30-,37+,38+/m0/s1. The average Bonchev–Trinajstić information content (AvgIpc) is 4.02. The van der Waals surface area contributed by atoms with Gasteiger partial charge in [-0.05, 0) is 75.6 Å². The van der Waals surface area contributed by atoms with Gasteiger partial charge in [0.1, 0.15) is 0 Å². The lowest BCUT2D eigenvalue weighted by atomic mass is 9.91. The first-order chi connectivity index (χ1) is 22.3. The van der Waals surface area contributed by atoms with Crippen LogP contribution in [0.25, 0.3) is 0 Å². The Labute approximate surface area is 272 Å². The molecule has 4 amide bonds. The van der Waals surface area contributed by atoms with Crippen LogP contribution in [0.2, 0.25) is 0 Å². The van der Waals surface area contributed by atoms with Gasteiger partial charge in [-0.2, -0.15) is 0 Å². The lowest BCUT2D eigenvalue weighted by molar-refractivity contribution is -0.134. The maximum Gasteiger partial charge on any atom is 0.252 e. The van der Waals surface area contributed by atoms with Gasteiger partial charge in [0.05, 0.1) is 22.0 Å². The third-order valence-electron chi connectivity index (χ3n) is 10.1. The number of benzene rings is 3. The molecule has 0 aromatic heterocycles. The second-order valence-electron chi connectivity index (χ2n) is 12.4. The van der Waals surface area contributed by atoms with Gasteiger partial charge >= 0.3 is 0 Å². The van der Waals surface area contributed by atoms with E-state index in [9.17, 15) is 19.2 Å². The van der Waals surface area contributed by atoms with Crippen molar-refractivity contribution >= 4 is 23.6 Å². The zero-order valence-corrected chi connectivity index (χ0v) is 27.4. The van der Waals surface area contributed by atoms with Crippen molar-refractivity contribution in [3.05, 3.63) is 107 Å². The van der Waals surface area contributed by atoms with Crippen molar-refractivity contribution in [3.8, 4) is 0 Å². The molecule has 3 aromatic carbocycles. The number of nitrogens with one attached hydrogen (secondary N) is 2. The van der Waals surface area contributed by atoms with E-state index < -0.39 is 10.8 Å². The first-order valence-electron chi connectivity index (χ1n) is 16.6. The topological polar surface area (TPSA) is 98.8 Å². The molecule has 0 aliphatic heterocycles. The summed E-state index contributed by atoms with van der Waals surface area (Å²) >= 11 is 0. The fourth-order valence-corrected chi connectivity index (χ4v) is 7.19. The van der Waals surface area contributed by atoms with Crippen LogP contribution in [0.5, 0.6) is 0 Å². The molecule has 2 aliphatic carbocycles. The molecule has 8 heteroatoms. The number of carbonyl (C=O) groups is 4. The van der Waals surface area contributed by atoms with E-state index in [0.717, 1.165) is 11.1 Å². The Hall–Kier alpha value is -4.46. The quantitative estimate of drug-likeness (QED) is 0.270. The normalized spacial score (nSPS) is 22.8. The van der Waals surface area contributed by atoms with Gasteiger partial charge in [-0.1, -0.05) is 72.8 Å². The second kappa shape index (κ2) is 13.9. The van der Waals surface area contributed by atoms with E-state index in [1.165, 1.54) is 0 Å². The molecule has 46 heavy (non-hydrogen) atoms. The maximum absolute atomic E-state index is 13.7. The Balaban J connectivity index is 1.26. The molecule has 0 saturated heterocycles. The zero-order chi connectivity index (χ0) is 32.9. The minimum atomic E-state index is -0.657. The molecular formula is C38H46N4O4. The molecular weight excluding hydrogens is 576 g/mol. The highest BCUT2D eigenvalue weighted by atomic mass is 16.2. The molecule has 2 fully saturated rings. The summed E-state index contributed by atoms with van der Waals surface area (Å²) in [6.07, 6.45) is 1.32. The van der Waals surface area contributed by atoms with Gasteiger partial charge in [-0.25, -0.2) is 0 Å². The summed E-state index contributed by atoms with van der Waals surface area (Å²) in [5.74, 6) is -0.606. The smallest absolute Gasteiger partial charge is 0.252 e. The van der Waals surface area contributed by atoms with E-state index in [4.69, 9.17) is 0 Å². The van der Waals surface area contributed by atoms with Crippen LogP contribution in [0, 0.1) is 11.8 Å². The largest absolute Gasteiger partial charge is 0.352 e. The van der Waals surface area contributed by atoms with E-state index in [1.54, 1.807) is 24.3 Å². The highest BCUT2D eigenvalue weighted by Gasteiger charge is 2.62. The third kappa shape index (κ3) is 6.05. The van der Waals surface area contributed by atoms with Crippen LogP contribution in [-0.4, -0.2) is 72.7 Å². The van der Waals surface area contributed by atoms with Gasteiger partial charge in [0, 0.05) is 39.3 Å². The average molecular weight is 623 g/mol. The first-order valence-corrected chi connectivity index (χ1v) is 16.6. The summed E-state index contributed by atoms with van der Waals surface area (Å²) in [6.45, 7) is 11.1. The van der Waals surface area contributed by atoms with Crippen LogP contribution in [-0.2, 0) is 20.4 Å². The minimum Gasteiger partial charge on any atom is -0.352 e. The van der Waals surface area contributed by atoms with Crippen molar-refractivity contribution in [2.75, 3.05) is 39.3 Å². The summed E-state index contributed by atoms with van der Waals surface area (Å²) in [5.41, 5.74) is 1.19. The Morgan fingerprint density at radius 1 is 0.565 bits per heavy atom. The van der Waals surface area contributed by atoms with Crippen LogP contribution in [0.15, 0.2) is 84.9 Å². The summed E-state index contributed by atoms with van der Waals surface area (Å²) in [5, 5.41) is 6.05. The number of nitrogens with zero attached hydrogens (tertiary/aromatic N) is 2. The molecule has 3 aromatic rings. The van der Waals surface area contributed by atoms with Crippen molar-refractivity contribution < 1.29 is 19.2 Å². The van der Waals surface area contributed by atoms with Gasteiger partial charge in [-0.3, -0.25) is 19.2 Å². The molecule has 4 atom stereocenters. The Kier molecular flexibility index (Phi) is 9.94. The van der Waals surface area contributed by atoms with Crippen molar-refractivity contribution in [1.82, 2.24) is 20.4 Å². The number of amides is 4. The molecule has 2 aliphatic rings. The van der Waals surface area contributed by atoms with Crippen LogP contribution in [0.3, 0.4) is 0 Å². The molecule has 5 rings (SSSR count). The number of hydrogen-bond acceptors (Lipinski definition) is 4. The van der Waals surface area contributed by atoms with Crippen molar-refractivity contribution in [2.45, 2.75) is 51.4 Å². The molecule has 2 N–H and O–H groups in total. The van der Waals surface area contributed by atoms with Crippen LogP contribution >= 0.6 is 0 Å². The van der Waals surface area contributed by atoms with E-state index in [1.807, 2.05) is 98.2 Å². The van der Waals surface area contributed by atoms with Gasteiger partial charge in [-0.15, -0.1) is 0 Å². The fourth-order valence-electron chi connectivity index (χ4n) is 7.19. The predicted molar refractivity (Wildman–Crippen MR) is 179 cm³/mol. The SMILES string of the molecule is CCN(CC)C(=O)[C@@]1(c2ccccc2)C[C@H]1CNC(=O)c1ccccc1C(=O)NC[C@@H]1C[C@@]1(C(=O)N(CC)CC)c1ccccc1. The molecule has 0 heterocycles. The van der Waals surface area contributed by atoms with E-state index in [2.05, 4.69) is 10.6 Å². The summed E-state index contributed by atoms with van der Waals surface area (Å²) < 4.78 is 0. The van der Waals surface area contributed by atoms with Gasteiger partial charge in [0.25, 0.3) is 11.8 Å². The molecule has 0 bridgehead atoms. The summed E-state index contributed by atoms with van der Waals surface area (Å²) in [7, 11) is 0. The lowest BCUT2D eigenvalue weighted by Crippen LogP contribution is -2.42. The van der Waals surface area contributed by atoms with E-state index >= 15 is 0 Å². The van der Waals surface area contributed by atoms with Crippen molar-refractivity contribution in [1.29, 1.82) is 0 Å². The summed E-state index contributed by atoms with van der Waals surface area (Å²) in [4.78, 5) is 58.1. The van der Waals surface area contributed by atoms with Crippen LogP contribution < -0.4 is 10.6 Å². The minimum absolute atomic E-state index is 0.0442. The Morgan fingerprint density at radius 3 is 1.22 bits per heavy atom. The number of rotatable bonds is 14. The van der Waals surface area contributed by atoms with Gasteiger partial charge in [0.2, 0.25) is 11.8 Å². The predicted octanol–water partition coefficient (Wildman–Crippen LogP) is 4.80. The van der Waals surface area contributed by atoms with Gasteiger partial charge in [0.15, 0.2) is 0 Å². The lowest BCUT2D eigenvalue weighted by Gasteiger charge is -2.26. The molecule has 0 spiro atoms. The van der Waals surface area contributed by atoms with Crippen molar-refractivity contribution in [3.63, 3.8) is 0 Å². The van der Waals surface area contributed by atoms with E-state index in [0.29, 0.717) is 52.1 Å². The molecule has 0 unspecified atom stereocenters.